The molecule has 0 aliphatic heterocycles. The topological polar surface area (TPSA) is 102 Å². The Morgan fingerprint density at radius 1 is 1.27 bits per heavy atom. The molecule has 0 fully saturated rings. The maximum absolute atomic E-state index is 12.3. The van der Waals surface area contributed by atoms with Crippen molar-refractivity contribution in [3.63, 3.8) is 0 Å². The molecule has 0 spiro atoms. The average molecular weight is 444 g/mol. The summed E-state index contributed by atoms with van der Waals surface area (Å²) < 4.78 is 6.88. The van der Waals surface area contributed by atoms with E-state index in [9.17, 15) is 9.59 Å². The summed E-state index contributed by atoms with van der Waals surface area (Å²) in [6, 6.07) is 10.9. The fourth-order valence-corrected chi connectivity index (χ4v) is 3.78. The van der Waals surface area contributed by atoms with Gasteiger partial charge in [0.15, 0.2) is 16.7 Å². The molecule has 2 N–H and O–H groups in total. The summed E-state index contributed by atoms with van der Waals surface area (Å²) in [6.07, 6.45) is 5.13. The Labute approximate surface area is 182 Å². The number of benzene rings is 1. The van der Waals surface area contributed by atoms with Crippen molar-refractivity contribution in [1.82, 2.24) is 20.1 Å². The SMILES string of the molecule is C=CCn1c(CNC(=O)c2ccco2)nnc1SCC(=O)Nc1cccc(SC)c1. The van der Waals surface area contributed by atoms with Crippen LogP contribution < -0.4 is 10.6 Å². The highest BCUT2D eigenvalue weighted by molar-refractivity contribution is 7.99. The van der Waals surface area contributed by atoms with Gasteiger partial charge in [-0.05, 0) is 36.6 Å². The smallest absolute Gasteiger partial charge is 0.287 e. The number of furan rings is 1. The molecule has 156 valence electrons. The van der Waals surface area contributed by atoms with Gasteiger partial charge in [0.1, 0.15) is 0 Å². The minimum atomic E-state index is -0.339. The number of hydrogen-bond donors (Lipinski definition) is 2. The molecule has 0 aliphatic carbocycles. The molecule has 0 saturated carbocycles. The van der Waals surface area contributed by atoms with Crippen LogP contribution in [0.2, 0.25) is 0 Å². The number of amides is 2. The number of hydrogen-bond acceptors (Lipinski definition) is 7. The van der Waals surface area contributed by atoms with Gasteiger partial charge in [0.2, 0.25) is 5.91 Å². The van der Waals surface area contributed by atoms with Crippen molar-refractivity contribution in [3.8, 4) is 0 Å². The second kappa shape index (κ2) is 10.7. The van der Waals surface area contributed by atoms with Crippen molar-refractivity contribution in [2.75, 3.05) is 17.3 Å². The number of rotatable bonds is 10. The molecule has 2 aromatic heterocycles. The molecular formula is C20H21N5O3S2. The van der Waals surface area contributed by atoms with Gasteiger partial charge in [-0.15, -0.1) is 28.5 Å². The Morgan fingerprint density at radius 2 is 2.13 bits per heavy atom. The van der Waals surface area contributed by atoms with Gasteiger partial charge in [0.25, 0.3) is 5.91 Å². The normalized spacial score (nSPS) is 10.6. The molecule has 2 heterocycles. The van der Waals surface area contributed by atoms with Gasteiger partial charge in [-0.3, -0.25) is 9.59 Å². The van der Waals surface area contributed by atoms with Crippen molar-refractivity contribution in [2.45, 2.75) is 23.1 Å². The van der Waals surface area contributed by atoms with Gasteiger partial charge in [0.05, 0.1) is 18.6 Å². The number of carbonyl (C=O) groups excluding carboxylic acids is 2. The van der Waals surface area contributed by atoms with Crippen LogP contribution in [0.3, 0.4) is 0 Å². The van der Waals surface area contributed by atoms with Gasteiger partial charge in [-0.25, -0.2) is 0 Å². The van der Waals surface area contributed by atoms with E-state index in [1.807, 2.05) is 35.1 Å². The third-order valence-electron chi connectivity index (χ3n) is 3.94. The zero-order chi connectivity index (χ0) is 21.3. The van der Waals surface area contributed by atoms with E-state index in [1.165, 1.54) is 18.0 Å². The zero-order valence-corrected chi connectivity index (χ0v) is 18.0. The number of allylic oxidation sites excluding steroid dienone is 1. The van der Waals surface area contributed by atoms with Crippen LogP contribution in [0.25, 0.3) is 0 Å². The highest BCUT2D eigenvalue weighted by Gasteiger charge is 2.15. The van der Waals surface area contributed by atoms with Crippen LogP contribution in [0.1, 0.15) is 16.4 Å². The number of anilines is 1. The molecular weight excluding hydrogens is 422 g/mol. The number of thioether (sulfide) groups is 2. The van der Waals surface area contributed by atoms with Crippen molar-refractivity contribution in [2.24, 2.45) is 0 Å². The Bertz CT molecular complexity index is 1020. The Morgan fingerprint density at radius 3 is 2.87 bits per heavy atom. The van der Waals surface area contributed by atoms with Gasteiger partial charge in [0, 0.05) is 17.1 Å². The Hall–Kier alpha value is -2.98. The second-order valence-corrected chi connectivity index (χ2v) is 7.85. The quantitative estimate of drug-likeness (QED) is 0.365. The van der Waals surface area contributed by atoms with Crippen molar-refractivity contribution in [1.29, 1.82) is 0 Å². The van der Waals surface area contributed by atoms with Crippen LogP contribution in [0.4, 0.5) is 5.69 Å². The standard InChI is InChI=1S/C20H21N5O3S2/c1-3-9-25-17(12-21-19(27)16-8-5-10-28-16)23-24-20(25)30-13-18(26)22-14-6-4-7-15(11-14)29-2/h3-8,10-11H,1,9,12-13H2,2H3,(H,21,27)(H,22,26). The van der Waals surface area contributed by atoms with E-state index in [4.69, 9.17) is 4.42 Å². The van der Waals surface area contributed by atoms with Gasteiger partial charge < -0.3 is 19.6 Å². The first-order valence-electron chi connectivity index (χ1n) is 9.02. The van der Waals surface area contributed by atoms with Crippen LogP contribution in [0.15, 0.2) is 69.8 Å². The maximum Gasteiger partial charge on any atom is 0.287 e. The molecule has 0 unspecified atom stereocenters. The largest absolute Gasteiger partial charge is 0.459 e. The molecule has 0 bridgehead atoms. The molecule has 8 nitrogen and oxygen atoms in total. The Balaban J connectivity index is 1.59. The lowest BCUT2D eigenvalue weighted by molar-refractivity contribution is -0.113. The van der Waals surface area contributed by atoms with Crippen LogP contribution in [-0.4, -0.2) is 38.6 Å². The van der Waals surface area contributed by atoms with E-state index in [0.29, 0.717) is 17.5 Å². The number of carbonyl (C=O) groups is 2. The summed E-state index contributed by atoms with van der Waals surface area (Å²) in [5.41, 5.74) is 0.751. The number of nitrogens with one attached hydrogen (secondary N) is 2. The van der Waals surface area contributed by atoms with E-state index in [2.05, 4.69) is 27.4 Å². The molecule has 10 heteroatoms. The first-order valence-corrected chi connectivity index (χ1v) is 11.2. The molecule has 0 atom stereocenters. The Kier molecular flexibility index (Phi) is 7.75. The van der Waals surface area contributed by atoms with E-state index < -0.39 is 0 Å². The fourth-order valence-electron chi connectivity index (χ4n) is 2.55. The minimum Gasteiger partial charge on any atom is -0.459 e. The summed E-state index contributed by atoms with van der Waals surface area (Å²) in [6.45, 7) is 4.38. The predicted molar refractivity (Wildman–Crippen MR) is 118 cm³/mol. The van der Waals surface area contributed by atoms with Gasteiger partial charge >= 0.3 is 0 Å². The fraction of sp³-hybridized carbons (Fsp3) is 0.200. The third-order valence-corrected chi connectivity index (χ3v) is 5.64. The minimum absolute atomic E-state index is 0.140. The summed E-state index contributed by atoms with van der Waals surface area (Å²) in [5.74, 6) is 0.484. The molecule has 30 heavy (non-hydrogen) atoms. The van der Waals surface area contributed by atoms with Crippen LogP contribution in [-0.2, 0) is 17.9 Å². The van der Waals surface area contributed by atoms with Crippen LogP contribution >= 0.6 is 23.5 Å². The van der Waals surface area contributed by atoms with Gasteiger partial charge in [-0.1, -0.05) is 23.9 Å². The summed E-state index contributed by atoms with van der Waals surface area (Å²) in [7, 11) is 0. The number of aromatic nitrogens is 3. The average Bonchev–Trinajstić information content (AvgIpc) is 3.42. The van der Waals surface area contributed by atoms with E-state index in [0.717, 1.165) is 10.6 Å². The van der Waals surface area contributed by atoms with Crippen LogP contribution in [0.5, 0.6) is 0 Å². The van der Waals surface area contributed by atoms with E-state index in [-0.39, 0.29) is 29.9 Å². The van der Waals surface area contributed by atoms with E-state index in [1.54, 1.807) is 30.0 Å². The molecule has 0 saturated heterocycles. The van der Waals surface area contributed by atoms with Crippen molar-refractivity contribution >= 4 is 41.0 Å². The lowest BCUT2D eigenvalue weighted by Gasteiger charge is -2.09. The molecule has 2 amide bonds. The summed E-state index contributed by atoms with van der Waals surface area (Å²) in [5, 5.41) is 14.5. The molecule has 0 radical (unpaired) electrons. The molecule has 0 aliphatic rings. The van der Waals surface area contributed by atoms with Crippen LogP contribution in [0, 0.1) is 0 Å². The molecule has 3 rings (SSSR count). The predicted octanol–water partition coefficient (Wildman–Crippen LogP) is 3.44. The van der Waals surface area contributed by atoms with E-state index >= 15 is 0 Å². The molecule has 3 aromatic rings. The zero-order valence-electron chi connectivity index (χ0n) is 16.3. The molecule has 1 aromatic carbocycles. The van der Waals surface area contributed by atoms with Crippen molar-refractivity contribution < 1.29 is 14.0 Å². The second-order valence-electron chi connectivity index (χ2n) is 6.03. The monoisotopic (exact) mass is 443 g/mol. The summed E-state index contributed by atoms with van der Waals surface area (Å²) in [4.78, 5) is 25.4. The lowest BCUT2D eigenvalue weighted by Crippen LogP contribution is -2.24. The third kappa shape index (κ3) is 5.77. The highest BCUT2D eigenvalue weighted by Crippen LogP contribution is 2.21. The van der Waals surface area contributed by atoms with Gasteiger partial charge in [-0.2, -0.15) is 0 Å². The van der Waals surface area contributed by atoms with Crippen molar-refractivity contribution in [3.05, 3.63) is 66.9 Å². The first kappa shape index (κ1) is 21.7. The highest BCUT2D eigenvalue weighted by atomic mass is 32.2. The first-order chi connectivity index (χ1) is 14.6. The number of nitrogens with zero attached hydrogens (tertiary/aromatic N) is 3. The maximum atomic E-state index is 12.3. The summed E-state index contributed by atoms with van der Waals surface area (Å²) >= 11 is 2.88. The lowest BCUT2D eigenvalue weighted by atomic mass is 10.3.